The maximum absolute atomic E-state index is 11.0. The van der Waals surface area contributed by atoms with Crippen LogP contribution in [0.4, 0.5) is 0 Å². The van der Waals surface area contributed by atoms with Crippen LogP contribution < -0.4 is 4.89 Å². The monoisotopic (exact) mass is 221 g/mol. The van der Waals surface area contributed by atoms with Crippen molar-refractivity contribution in [3.8, 4) is 0 Å². The zero-order valence-electron chi connectivity index (χ0n) is 8.66. The van der Waals surface area contributed by atoms with E-state index >= 15 is 0 Å². The molecule has 0 saturated heterocycles. The number of hydrogen-bond acceptors (Lipinski definition) is 3. The van der Waals surface area contributed by atoms with Crippen LogP contribution in [0.15, 0.2) is 0 Å². The van der Waals surface area contributed by atoms with Crippen LogP contribution in [0.3, 0.4) is 0 Å². The lowest BCUT2D eigenvalue weighted by Crippen LogP contribution is -2.28. The molecular formula is C9H19NO3S. The molecule has 1 aliphatic rings. The summed E-state index contributed by atoms with van der Waals surface area (Å²) in [7, 11) is -3.19. The molecule has 0 aromatic heterocycles. The zero-order chi connectivity index (χ0) is 10.4. The molecule has 1 rings (SSSR count). The molecule has 1 fully saturated rings. The SMILES string of the molecule is CCS(=O)(=O)NOCC1CCCCC1. The fraction of sp³-hybridized carbons (Fsp3) is 1.00. The van der Waals surface area contributed by atoms with Crippen LogP contribution in [0.25, 0.3) is 0 Å². The van der Waals surface area contributed by atoms with E-state index in [4.69, 9.17) is 4.84 Å². The second-order valence-electron chi connectivity index (χ2n) is 3.80. The third-order valence-electron chi connectivity index (χ3n) is 2.61. The van der Waals surface area contributed by atoms with Gasteiger partial charge >= 0.3 is 0 Å². The molecule has 0 aromatic carbocycles. The maximum Gasteiger partial charge on any atom is 0.233 e. The van der Waals surface area contributed by atoms with E-state index in [1.807, 2.05) is 0 Å². The Kier molecular flexibility index (Phi) is 4.84. The summed E-state index contributed by atoms with van der Waals surface area (Å²) in [6, 6.07) is 0. The van der Waals surface area contributed by atoms with Gasteiger partial charge in [-0.3, -0.25) is 4.84 Å². The Morgan fingerprint density at radius 1 is 1.29 bits per heavy atom. The van der Waals surface area contributed by atoms with Gasteiger partial charge in [0.15, 0.2) is 0 Å². The van der Waals surface area contributed by atoms with Crippen LogP contribution in [-0.2, 0) is 14.9 Å². The summed E-state index contributed by atoms with van der Waals surface area (Å²) in [6.07, 6.45) is 6.11. The van der Waals surface area contributed by atoms with Crippen molar-refractivity contribution in [2.75, 3.05) is 12.4 Å². The van der Waals surface area contributed by atoms with Crippen LogP contribution in [0.5, 0.6) is 0 Å². The smallest absolute Gasteiger partial charge is 0.233 e. The van der Waals surface area contributed by atoms with Crippen molar-refractivity contribution in [1.82, 2.24) is 4.89 Å². The third kappa shape index (κ3) is 4.39. The largest absolute Gasteiger partial charge is 0.287 e. The minimum Gasteiger partial charge on any atom is -0.287 e. The van der Waals surface area contributed by atoms with Crippen molar-refractivity contribution in [3.05, 3.63) is 0 Å². The highest BCUT2D eigenvalue weighted by Gasteiger charge is 2.14. The lowest BCUT2D eigenvalue weighted by molar-refractivity contribution is 0.0520. The second kappa shape index (κ2) is 5.68. The molecule has 0 spiro atoms. The molecule has 0 amide bonds. The Balaban J connectivity index is 2.14. The van der Waals surface area contributed by atoms with E-state index in [0.29, 0.717) is 12.5 Å². The van der Waals surface area contributed by atoms with Gasteiger partial charge in [0.1, 0.15) is 0 Å². The van der Waals surface area contributed by atoms with Gasteiger partial charge in [-0.2, -0.15) is 0 Å². The Labute approximate surface area is 86.0 Å². The molecule has 1 aliphatic carbocycles. The molecule has 5 heteroatoms. The van der Waals surface area contributed by atoms with Crippen molar-refractivity contribution in [3.63, 3.8) is 0 Å². The molecule has 84 valence electrons. The van der Waals surface area contributed by atoms with Gasteiger partial charge in [-0.05, 0) is 25.7 Å². The quantitative estimate of drug-likeness (QED) is 0.715. The molecule has 1 saturated carbocycles. The maximum atomic E-state index is 11.0. The third-order valence-corrected chi connectivity index (χ3v) is 3.74. The topological polar surface area (TPSA) is 55.4 Å². The van der Waals surface area contributed by atoms with Gasteiger partial charge in [0.05, 0.1) is 12.4 Å². The average Bonchev–Trinajstić information content (AvgIpc) is 2.19. The highest BCUT2D eigenvalue weighted by atomic mass is 32.2. The summed E-state index contributed by atoms with van der Waals surface area (Å²) >= 11 is 0. The first-order valence-electron chi connectivity index (χ1n) is 5.25. The van der Waals surface area contributed by atoms with Crippen LogP contribution >= 0.6 is 0 Å². The van der Waals surface area contributed by atoms with Crippen LogP contribution in [0.1, 0.15) is 39.0 Å². The van der Waals surface area contributed by atoms with Crippen molar-refractivity contribution >= 4 is 10.0 Å². The van der Waals surface area contributed by atoms with E-state index in [1.54, 1.807) is 6.92 Å². The Morgan fingerprint density at radius 3 is 2.50 bits per heavy atom. The molecule has 0 bridgehead atoms. The van der Waals surface area contributed by atoms with Crippen molar-refractivity contribution in [1.29, 1.82) is 0 Å². The molecule has 1 N–H and O–H groups in total. The van der Waals surface area contributed by atoms with Crippen LogP contribution in [0, 0.1) is 5.92 Å². The summed E-state index contributed by atoms with van der Waals surface area (Å²) in [4.78, 5) is 7.12. The summed E-state index contributed by atoms with van der Waals surface area (Å²) in [6.45, 7) is 2.10. The van der Waals surface area contributed by atoms with Gasteiger partial charge in [-0.1, -0.05) is 24.1 Å². The molecule has 0 heterocycles. The normalized spacial score (nSPS) is 19.8. The first-order chi connectivity index (χ1) is 6.64. The van der Waals surface area contributed by atoms with E-state index in [0.717, 1.165) is 12.8 Å². The number of sulfonamides is 1. The van der Waals surface area contributed by atoms with Crippen molar-refractivity contribution < 1.29 is 13.3 Å². The first-order valence-corrected chi connectivity index (χ1v) is 6.90. The fourth-order valence-corrected chi connectivity index (χ4v) is 2.02. The Bertz CT molecular complexity index is 245. The van der Waals surface area contributed by atoms with Crippen molar-refractivity contribution in [2.45, 2.75) is 39.0 Å². The van der Waals surface area contributed by atoms with E-state index < -0.39 is 10.0 Å². The fourth-order valence-electron chi connectivity index (χ4n) is 1.65. The Morgan fingerprint density at radius 2 is 1.93 bits per heavy atom. The highest BCUT2D eigenvalue weighted by Crippen LogP contribution is 2.23. The standard InChI is InChI=1S/C9H19NO3S/c1-2-14(11,12)10-13-8-9-6-4-3-5-7-9/h9-10H,2-8H2,1H3. The molecule has 0 radical (unpaired) electrons. The molecule has 4 nitrogen and oxygen atoms in total. The minimum atomic E-state index is -3.19. The zero-order valence-corrected chi connectivity index (χ0v) is 9.48. The summed E-state index contributed by atoms with van der Waals surface area (Å²) in [5.74, 6) is 0.598. The van der Waals surface area contributed by atoms with Gasteiger partial charge in [-0.15, -0.1) is 0 Å². The predicted octanol–water partition coefficient (Wildman–Crippen LogP) is 1.44. The van der Waals surface area contributed by atoms with Gasteiger partial charge in [0, 0.05) is 0 Å². The Hall–Kier alpha value is -0.130. The number of nitrogens with one attached hydrogen (secondary N) is 1. The average molecular weight is 221 g/mol. The molecule has 0 unspecified atom stereocenters. The van der Waals surface area contributed by atoms with E-state index in [1.165, 1.54) is 19.3 Å². The molecular weight excluding hydrogens is 202 g/mol. The summed E-state index contributed by atoms with van der Waals surface area (Å²) in [5.41, 5.74) is 0. The highest BCUT2D eigenvalue weighted by molar-refractivity contribution is 7.89. The molecule has 14 heavy (non-hydrogen) atoms. The lowest BCUT2D eigenvalue weighted by Gasteiger charge is -2.20. The van der Waals surface area contributed by atoms with Gasteiger partial charge < -0.3 is 0 Å². The van der Waals surface area contributed by atoms with Crippen LogP contribution in [-0.4, -0.2) is 20.8 Å². The van der Waals surface area contributed by atoms with Gasteiger partial charge in [-0.25, -0.2) is 8.42 Å². The first kappa shape index (κ1) is 11.9. The van der Waals surface area contributed by atoms with E-state index in [2.05, 4.69) is 4.89 Å². The minimum absolute atomic E-state index is 0.0671. The molecule has 0 aliphatic heterocycles. The van der Waals surface area contributed by atoms with Crippen molar-refractivity contribution in [2.24, 2.45) is 5.92 Å². The predicted molar refractivity (Wildman–Crippen MR) is 55.1 cm³/mol. The molecule has 0 atom stereocenters. The van der Waals surface area contributed by atoms with E-state index in [-0.39, 0.29) is 5.75 Å². The lowest BCUT2D eigenvalue weighted by atomic mass is 9.90. The number of rotatable bonds is 5. The second-order valence-corrected chi connectivity index (χ2v) is 5.78. The van der Waals surface area contributed by atoms with Gasteiger partial charge in [0.2, 0.25) is 10.0 Å². The summed E-state index contributed by atoms with van der Waals surface area (Å²) in [5, 5.41) is 0. The molecule has 0 aromatic rings. The van der Waals surface area contributed by atoms with E-state index in [9.17, 15) is 8.42 Å². The number of hydrogen-bond donors (Lipinski definition) is 1. The summed E-state index contributed by atoms with van der Waals surface area (Å²) < 4.78 is 22.0. The van der Waals surface area contributed by atoms with Crippen LogP contribution in [0.2, 0.25) is 0 Å². The van der Waals surface area contributed by atoms with Gasteiger partial charge in [0.25, 0.3) is 0 Å².